The van der Waals surface area contributed by atoms with E-state index in [0.29, 0.717) is 5.56 Å². The lowest BCUT2D eigenvalue weighted by Crippen LogP contribution is -2.59. The van der Waals surface area contributed by atoms with Gasteiger partial charge in [-0.25, -0.2) is 4.98 Å². The number of hydrogen-bond acceptors (Lipinski definition) is 3. The normalized spacial score (nSPS) is 36.5. The van der Waals surface area contributed by atoms with E-state index >= 15 is 0 Å². The minimum atomic E-state index is 0.0656. The van der Waals surface area contributed by atoms with Crippen molar-refractivity contribution in [1.82, 2.24) is 10.3 Å². The standard InChI is InChI=1S/C17H23N3O/c1-18-15-7-14(2-3-19-15)16(21)20-17-8-11-4-12(9-17)6-13(5-11)10-17/h2-3,7,11-13H,4-6,8-10H2,1H3,(H,18,19)(H,20,21). The van der Waals surface area contributed by atoms with Crippen LogP contribution in [0.2, 0.25) is 0 Å². The van der Waals surface area contributed by atoms with E-state index in [-0.39, 0.29) is 11.4 Å². The topological polar surface area (TPSA) is 54.0 Å². The van der Waals surface area contributed by atoms with Crippen LogP contribution in [-0.2, 0) is 0 Å². The van der Waals surface area contributed by atoms with Crippen molar-refractivity contribution < 1.29 is 4.79 Å². The predicted octanol–water partition coefficient (Wildman–Crippen LogP) is 2.82. The Morgan fingerprint density at radius 3 is 2.38 bits per heavy atom. The highest BCUT2D eigenvalue weighted by molar-refractivity contribution is 5.95. The molecule has 0 atom stereocenters. The number of carbonyl (C=O) groups excluding carboxylic acids is 1. The lowest BCUT2D eigenvalue weighted by molar-refractivity contribution is -0.0167. The SMILES string of the molecule is CNc1cc(C(=O)NC23CC4CC(CC(C4)C2)C3)ccn1. The zero-order valence-electron chi connectivity index (χ0n) is 12.6. The summed E-state index contributed by atoms with van der Waals surface area (Å²) in [6.45, 7) is 0. The van der Waals surface area contributed by atoms with E-state index < -0.39 is 0 Å². The molecule has 21 heavy (non-hydrogen) atoms. The first-order valence-corrected chi connectivity index (χ1v) is 8.12. The van der Waals surface area contributed by atoms with Gasteiger partial charge >= 0.3 is 0 Å². The molecule has 2 N–H and O–H groups in total. The fourth-order valence-corrected chi connectivity index (χ4v) is 5.29. The highest BCUT2D eigenvalue weighted by atomic mass is 16.1. The molecular formula is C17H23N3O. The quantitative estimate of drug-likeness (QED) is 0.898. The lowest BCUT2D eigenvalue weighted by Gasteiger charge is -2.56. The molecule has 4 saturated carbocycles. The summed E-state index contributed by atoms with van der Waals surface area (Å²) in [5.74, 6) is 3.36. The monoisotopic (exact) mass is 285 g/mol. The first-order chi connectivity index (χ1) is 10.2. The summed E-state index contributed by atoms with van der Waals surface area (Å²) in [7, 11) is 1.82. The third kappa shape index (κ3) is 2.30. The second-order valence-electron chi connectivity index (χ2n) is 7.33. The molecule has 0 spiro atoms. The Morgan fingerprint density at radius 2 is 1.81 bits per heavy atom. The number of anilines is 1. The summed E-state index contributed by atoms with van der Waals surface area (Å²) in [6.07, 6.45) is 9.45. The Morgan fingerprint density at radius 1 is 1.19 bits per heavy atom. The number of aromatic nitrogens is 1. The van der Waals surface area contributed by atoms with Gasteiger partial charge in [0.05, 0.1) is 0 Å². The predicted molar refractivity (Wildman–Crippen MR) is 82.2 cm³/mol. The van der Waals surface area contributed by atoms with Crippen LogP contribution < -0.4 is 10.6 Å². The molecular weight excluding hydrogens is 262 g/mol. The van der Waals surface area contributed by atoms with E-state index in [1.54, 1.807) is 12.3 Å². The lowest BCUT2D eigenvalue weighted by atomic mass is 9.53. The highest BCUT2D eigenvalue weighted by Gasteiger charge is 2.51. The van der Waals surface area contributed by atoms with E-state index in [1.807, 2.05) is 13.1 Å². The Kier molecular flexibility index (Phi) is 2.95. The first kappa shape index (κ1) is 13.1. The van der Waals surface area contributed by atoms with Gasteiger partial charge in [-0.05, 0) is 68.4 Å². The fraction of sp³-hybridized carbons (Fsp3) is 0.647. The van der Waals surface area contributed by atoms with E-state index in [4.69, 9.17) is 0 Å². The van der Waals surface area contributed by atoms with E-state index in [0.717, 1.165) is 23.6 Å². The second kappa shape index (κ2) is 4.72. The van der Waals surface area contributed by atoms with Crippen molar-refractivity contribution in [3.63, 3.8) is 0 Å². The van der Waals surface area contributed by atoms with Crippen molar-refractivity contribution in [3.05, 3.63) is 23.9 Å². The molecule has 1 aromatic rings. The van der Waals surface area contributed by atoms with Crippen LogP contribution in [0.3, 0.4) is 0 Å². The molecule has 0 radical (unpaired) electrons. The van der Waals surface area contributed by atoms with Gasteiger partial charge in [-0.15, -0.1) is 0 Å². The number of carbonyl (C=O) groups is 1. The van der Waals surface area contributed by atoms with Gasteiger partial charge in [0, 0.05) is 24.3 Å². The molecule has 0 unspecified atom stereocenters. The maximum Gasteiger partial charge on any atom is 0.251 e. The Labute approximate surface area is 125 Å². The number of amides is 1. The molecule has 4 heteroatoms. The number of pyridine rings is 1. The van der Waals surface area contributed by atoms with Crippen LogP contribution in [-0.4, -0.2) is 23.5 Å². The van der Waals surface area contributed by atoms with Crippen LogP contribution in [0.4, 0.5) is 5.82 Å². The molecule has 4 bridgehead atoms. The van der Waals surface area contributed by atoms with E-state index in [2.05, 4.69) is 15.6 Å². The number of nitrogens with zero attached hydrogens (tertiary/aromatic N) is 1. The molecule has 0 saturated heterocycles. The molecule has 1 aromatic heterocycles. The van der Waals surface area contributed by atoms with Crippen molar-refractivity contribution in [2.75, 3.05) is 12.4 Å². The third-order valence-corrected chi connectivity index (χ3v) is 5.70. The summed E-state index contributed by atoms with van der Waals surface area (Å²) in [6, 6.07) is 3.63. The molecule has 4 fully saturated rings. The fourth-order valence-electron chi connectivity index (χ4n) is 5.29. The minimum absolute atomic E-state index is 0.0656. The highest BCUT2D eigenvalue weighted by Crippen LogP contribution is 2.55. The zero-order chi connectivity index (χ0) is 14.4. The van der Waals surface area contributed by atoms with Gasteiger partial charge in [-0.2, -0.15) is 0 Å². The van der Waals surface area contributed by atoms with Gasteiger partial charge in [-0.3, -0.25) is 4.79 Å². The molecule has 4 nitrogen and oxygen atoms in total. The van der Waals surface area contributed by atoms with Crippen LogP contribution in [0.1, 0.15) is 48.9 Å². The molecule has 0 aliphatic heterocycles. The van der Waals surface area contributed by atoms with Crippen molar-refractivity contribution in [2.24, 2.45) is 17.8 Å². The molecule has 1 heterocycles. The Balaban J connectivity index is 1.54. The van der Waals surface area contributed by atoms with Crippen molar-refractivity contribution in [2.45, 2.75) is 44.1 Å². The average molecular weight is 285 g/mol. The summed E-state index contributed by atoms with van der Waals surface area (Å²) < 4.78 is 0. The van der Waals surface area contributed by atoms with Gasteiger partial charge in [0.2, 0.25) is 0 Å². The number of rotatable bonds is 3. The molecule has 4 aliphatic rings. The maximum absolute atomic E-state index is 12.6. The minimum Gasteiger partial charge on any atom is -0.373 e. The molecule has 1 amide bonds. The summed E-state index contributed by atoms with van der Waals surface area (Å²) >= 11 is 0. The van der Waals surface area contributed by atoms with Crippen LogP contribution in [0.25, 0.3) is 0 Å². The van der Waals surface area contributed by atoms with Crippen LogP contribution in [0.15, 0.2) is 18.3 Å². The number of nitrogens with one attached hydrogen (secondary N) is 2. The van der Waals surface area contributed by atoms with Gasteiger partial charge in [0.1, 0.15) is 5.82 Å². The van der Waals surface area contributed by atoms with Crippen LogP contribution in [0, 0.1) is 17.8 Å². The summed E-state index contributed by atoms with van der Waals surface area (Å²) in [5, 5.41) is 6.39. The third-order valence-electron chi connectivity index (χ3n) is 5.70. The summed E-state index contributed by atoms with van der Waals surface area (Å²) in [4.78, 5) is 16.8. The molecule has 5 rings (SSSR count). The first-order valence-electron chi connectivity index (χ1n) is 8.12. The molecule has 0 aromatic carbocycles. The smallest absolute Gasteiger partial charge is 0.251 e. The van der Waals surface area contributed by atoms with Crippen molar-refractivity contribution >= 4 is 11.7 Å². The van der Waals surface area contributed by atoms with E-state index in [1.165, 1.54) is 38.5 Å². The average Bonchev–Trinajstić information content (AvgIpc) is 2.45. The molecule has 112 valence electrons. The van der Waals surface area contributed by atoms with Crippen LogP contribution >= 0.6 is 0 Å². The Hall–Kier alpha value is -1.58. The second-order valence-corrected chi connectivity index (χ2v) is 7.33. The largest absolute Gasteiger partial charge is 0.373 e. The molecule has 4 aliphatic carbocycles. The number of hydrogen-bond donors (Lipinski definition) is 2. The van der Waals surface area contributed by atoms with Crippen LogP contribution in [0.5, 0.6) is 0 Å². The maximum atomic E-state index is 12.6. The van der Waals surface area contributed by atoms with Crippen molar-refractivity contribution in [3.8, 4) is 0 Å². The van der Waals surface area contributed by atoms with Crippen molar-refractivity contribution in [1.29, 1.82) is 0 Å². The van der Waals surface area contributed by atoms with Gasteiger partial charge in [0.15, 0.2) is 0 Å². The van der Waals surface area contributed by atoms with Gasteiger partial charge in [-0.1, -0.05) is 0 Å². The zero-order valence-corrected chi connectivity index (χ0v) is 12.6. The van der Waals surface area contributed by atoms with Gasteiger partial charge in [0.25, 0.3) is 5.91 Å². The Bertz CT molecular complexity index is 534. The summed E-state index contributed by atoms with van der Waals surface area (Å²) in [5.41, 5.74) is 0.791. The van der Waals surface area contributed by atoms with E-state index in [9.17, 15) is 4.79 Å². The van der Waals surface area contributed by atoms with Gasteiger partial charge < -0.3 is 10.6 Å².